The molecule has 3 aromatic heterocycles. The van der Waals surface area contributed by atoms with E-state index in [9.17, 15) is 9.59 Å². The third-order valence-corrected chi connectivity index (χ3v) is 8.05. The minimum atomic E-state index is -0.136. The maximum Gasteiger partial charge on any atom is 0.234 e. The van der Waals surface area contributed by atoms with Gasteiger partial charge in [-0.15, -0.1) is 21.5 Å². The van der Waals surface area contributed by atoms with E-state index < -0.39 is 0 Å². The van der Waals surface area contributed by atoms with Crippen LogP contribution in [-0.2, 0) is 28.9 Å². The molecule has 2 amide bonds. The van der Waals surface area contributed by atoms with E-state index in [0.29, 0.717) is 22.4 Å². The number of fused-ring (bicyclic) bond motifs is 5. The normalized spacial score (nSPS) is 15.4. The molecular weight excluding hydrogens is 468 g/mol. The lowest BCUT2D eigenvalue weighted by Gasteiger charge is -2.17. The molecule has 1 atom stereocenters. The fraction of sp³-hybridized carbons (Fsp3) is 0.375. The molecule has 0 aliphatic heterocycles. The molecule has 0 spiro atoms. The molecule has 4 aromatic rings. The van der Waals surface area contributed by atoms with Crippen LogP contribution >= 0.6 is 23.1 Å². The van der Waals surface area contributed by atoms with Crippen LogP contribution in [0.1, 0.15) is 43.5 Å². The van der Waals surface area contributed by atoms with Crippen LogP contribution in [0.2, 0.25) is 0 Å². The molecule has 1 aliphatic rings. The first-order chi connectivity index (χ1) is 16.4. The quantitative estimate of drug-likeness (QED) is 0.376. The van der Waals surface area contributed by atoms with Gasteiger partial charge in [0.05, 0.1) is 11.1 Å². The highest BCUT2D eigenvalue weighted by Crippen LogP contribution is 2.39. The first-order valence-corrected chi connectivity index (χ1v) is 13.2. The van der Waals surface area contributed by atoms with Crippen molar-refractivity contribution in [2.45, 2.75) is 51.6 Å². The molecule has 2 N–H and O–H groups in total. The summed E-state index contributed by atoms with van der Waals surface area (Å²) in [4.78, 5) is 31.2. The van der Waals surface area contributed by atoms with Crippen molar-refractivity contribution in [2.24, 2.45) is 5.92 Å². The number of nitrogens with zero attached hydrogens (tertiary/aromatic N) is 4. The van der Waals surface area contributed by atoms with E-state index in [1.807, 2.05) is 4.40 Å². The van der Waals surface area contributed by atoms with Gasteiger partial charge in [0, 0.05) is 29.6 Å². The zero-order chi connectivity index (χ0) is 23.8. The summed E-state index contributed by atoms with van der Waals surface area (Å²) >= 11 is 3.15. The zero-order valence-electron chi connectivity index (χ0n) is 19.3. The van der Waals surface area contributed by atoms with Gasteiger partial charge in [0.15, 0.2) is 10.8 Å². The number of hydrogen-bond acceptors (Lipinski definition) is 7. The topological polar surface area (TPSA) is 101 Å². The Morgan fingerprint density at radius 2 is 1.91 bits per heavy atom. The first-order valence-electron chi connectivity index (χ1n) is 11.4. The van der Waals surface area contributed by atoms with E-state index in [4.69, 9.17) is 4.98 Å². The Kier molecular flexibility index (Phi) is 6.26. The number of carbonyl (C=O) groups excluding carboxylic acids is 2. The average molecular weight is 495 g/mol. The highest BCUT2D eigenvalue weighted by molar-refractivity contribution is 7.99. The summed E-state index contributed by atoms with van der Waals surface area (Å²) in [6.07, 6.45) is 4.09. The highest BCUT2D eigenvalue weighted by Gasteiger charge is 2.25. The second kappa shape index (κ2) is 9.34. The van der Waals surface area contributed by atoms with Crippen molar-refractivity contribution in [3.63, 3.8) is 0 Å². The Balaban J connectivity index is 1.36. The van der Waals surface area contributed by atoms with Gasteiger partial charge in [-0.3, -0.25) is 14.0 Å². The Morgan fingerprint density at radius 1 is 1.18 bits per heavy atom. The van der Waals surface area contributed by atoms with Gasteiger partial charge in [-0.2, -0.15) is 0 Å². The van der Waals surface area contributed by atoms with Gasteiger partial charge in [-0.05, 0) is 55.0 Å². The molecule has 10 heteroatoms. The predicted octanol–water partition coefficient (Wildman–Crippen LogP) is 4.72. The van der Waals surface area contributed by atoms with Gasteiger partial charge in [0.2, 0.25) is 11.8 Å². The van der Waals surface area contributed by atoms with Crippen LogP contribution in [0.4, 0.5) is 11.4 Å². The number of hydrogen-bond donors (Lipinski definition) is 2. The number of amides is 2. The molecule has 1 aliphatic carbocycles. The number of rotatable bonds is 6. The van der Waals surface area contributed by atoms with E-state index in [0.717, 1.165) is 41.0 Å². The molecule has 0 radical (unpaired) electrons. The monoisotopic (exact) mass is 494 g/mol. The Hall–Kier alpha value is -2.98. The van der Waals surface area contributed by atoms with Gasteiger partial charge in [-0.1, -0.05) is 25.6 Å². The smallest absolute Gasteiger partial charge is 0.234 e. The van der Waals surface area contributed by atoms with Crippen molar-refractivity contribution >= 4 is 62.2 Å². The SMILES string of the molecule is CCc1nc2sc3c(c2c2nnc(SCC(=O)Nc4ccc(NC(C)=O)cc4)n12)CC[C@@H](C)C3. The first kappa shape index (κ1) is 22.8. The maximum atomic E-state index is 12.6. The third-order valence-electron chi connectivity index (χ3n) is 5.98. The molecule has 1 aromatic carbocycles. The zero-order valence-corrected chi connectivity index (χ0v) is 21.0. The number of aromatic nitrogens is 4. The number of nitrogens with one attached hydrogen (secondary N) is 2. The van der Waals surface area contributed by atoms with Gasteiger partial charge in [-0.25, -0.2) is 4.98 Å². The maximum absolute atomic E-state index is 12.6. The average Bonchev–Trinajstić information content (AvgIpc) is 3.38. The van der Waals surface area contributed by atoms with Crippen molar-refractivity contribution in [1.29, 1.82) is 0 Å². The second-order valence-corrected chi connectivity index (χ2v) is 10.7. The number of benzene rings is 1. The molecule has 0 saturated heterocycles. The number of anilines is 2. The molecule has 0 unspecified atom stereocenters. The summed E-state index contributed by atoms with van der Waals surface area (Å²) in [5, 5.41) is 16.4. The summed E-state index contributed by atoms with van der Waals surface area (Å²) in [6.45, 7) is 5.84. The van der Waals surface area contributed by atoms with Crippen LogP contribution in [0.15, 0.2) is 29.4 Å². The molecule has 3 heterocycles. The lowest BCUT2D eigenvalue weighted by atomic mass is 9.89. The van der Waals surface area contributed by atoms with E-state index in [2.05, 4.69) is 34.7 Å². The minimum Gasteiger partial charge on any atom is -0.326 e. The van der Waals surface area contributed by atoms with Crippen LogP contribution in [0, 0.1) is 5.92 Å². The van der Waals surface area contributed by atoms with Crippen LogP contribution < -0.4 is 10.6 Å². The highest BCUT2D eigenvalue weighted by atomic mass is 32.2. The van der Waals surface area contributed by atoms with E-state index in [1.165, 1.54) is 35.5 Å². The lowest BCUT2D eigenvalue weighted by Crippen LogP contribution is -2.14. The Morgan fingerprint density at radius 3 is 2.62 bits per heavy atom. The summed E-state index contributed by atoms with van der Waals surface area (Å²) in [6, 6.07) is 7.03. The van der Waals surface area contributed by atoms with Gasteiger partial charge >= 0.3 is 0 Å². The van der Waals surface area contributed by atoms with E-state index in [-0.39, 0.29) is 17.6 Å². The van der Waals surface area contributed by atoms with Crippen molar-refractivity contribution in [3.8, 4) is 0 Å². The molecule has 0 saturated carbocycles. The van der Waals surface area contributed by atoms with Crippen LogP contribution in [0.25, 0.3) is 15.9 Å². The predicted molar refractivity (Wildman–Crippen MR) is 137 cm³/mol. The number of thiophene rings is 1. The Labute approximate surface area is 205 Å². The molecule has 0 fully saturated rings. The van der Waals surface area contributed by atoms with E-state index in [1.54, 1.807) is 35.6 Å². The molecule has 0 bridgehead atoms. The lowest BCUT2D eigenvalue weighted by molar-refractivity contribution is -0.114. The fourth-order valence-electron chi connectivity index (χ4n) is 4.38. The minimum absolute atomic E-state index is 0.135. The standard InChI is InChI=1S/C24H26N6O2S2/c1-4-19-27-23-21(17-10-5-13(2)11-18(17)34-23)22-28-29-24(30(19)22)33-12-20(32)26-16-8-6-15(7-9-16)25-14(3)31/h6-9,13H,4-5,10-12H2,1-3H3,(H,25,31)(H,26,32)/t13-/m1/s1. The summed E-state index contributed by atoms with van der Waals surface area (Å²) < 4.78 is 2.02. The number of thioether (sulfide) groups is 1. The van der Waals surface area contributed by atoms with Crippen molar-refractivity contribution < 1.29 is 9.59 Å². The summed E-state index contributed by atoms with van der Waals surface area (Å²) in [5.41, 5.74) is 3.58. The Bertz CT molecular complexity index is 1390. The van der Waals surface area contributed by atoms with Crippen LogP contribution in [0.3, 0.4) is 0 Å². The second-order valence-electron chi connectivity index (χ2n) is 8.65. The molecule has 34 heavy (non-hydrogen) atoms. The fourth-order valence-corrected chi connectivity index (χ4v) is 6.52. The van der Waals surface area contributed by atoms with Crippen molar-refractivity contribution in [1.82, 2.24) is 19.6 Å². The van der Waals surface area contributed by atoms with E-state index >= 15 is 0 Å². The summed E-state index contributed by atoms with van der Waals surface area (Å²) in [7, 11) is 0. The van der Waals surface area contributed by atoms with Crippen molar-refractivity contribution in [2.75, 3.05) is 16.4 Å². The number of carbonyl (C=O) groups is 2. The van der Waals surface area contributed by atoms with Gasteiger partial charge < -0.3 is 10.6 Å². The van der Waals surface area contributed by atoms with Crippen LogP contribution in [-0.4, -0.2) is 37.1 Å². The van der Waals surface area contributed by atoms with Gasteiger partial charge in [0.1, 0.15) is 10.7 Å². The largest absolute Gasteiger partial charge is 0.326 e. The molecule has 8 nitrogen and oxygen atoms in total. The summed E-state index contributed by atoms with van der Waals surface area (Å²) in [5.74, 6) is 1.55. The molecule has 176 valence electrons. The van der Waals surface area contributed by atoms with Gasteiger partial charge in [0.25, 0.3) is 0 Å². The number of aryl methyl sites for hydroxylation is 2. The third kappa shape index (κ3) is 4.39. The molecule has 5 rings (SSSR count). The molecular formula is C24H26N6O2S2. The van der Waals surface area contributed by atoms with Crippen LogP contribution in [0.5, 0.6) is 0 Å². The van der Waals surface area contributed by atoms with Crippen molar-refractivity contribution in [3.05, 3.63) is 40.5 Å².